The Hall–Kier alpha value is -3.60. The van der Waals surface area contributed by atoms with Gasteiger partial charge >= 0.3 is 11.7 Å². The van der Waals surface area contributed by atoms with Crippen molar-refractivity contribution in [1.29, 1.82) is 0 Å². The molecule has 172 valence electrons. The molecule has 2 aromatic carbocycles. The van der Waals surface area contributed by atoms with Gasteiger partial charge in [-0.25, -0.2) is 9.78 Å². The zero-order valence-electron chi connectivity index (χ0n) is 18.1. The number of benzene rings is 2. The van der Waals surface area contributed by atoms with Crippen LogP contribution in [0.2, 0.25) is 0 Å². The van der Waals surface area contributed by atoms with Crippen molar-refractivity contribution in [3.63, 3.8) is 0 Å². The molecular weight excluding hydrogens is 496 g/mol. The standard InChI is InChI=1S/C22H21BrN4O6/c1-4-12(2)20-25-17-7-6-15(23)10-16(17)21(28)26(20)24-11-14-5-8-19(18(9-14)27(31)32)33-13(3)22(29)30/h5-13H,4H2,1-3H3,(H,29,30)/t12-,13-/m1/s1. The van der Waals surface area contributed by atoms with Crippen LogP contribution in [0.15, 0.2) is 50.8 Å². The largest absolute Gasteiger partial charge is 0.479 e. The van der Waals surface area contributed by atoms with E-state index in [-0.39, 0.29) is 17.2 Å². The average molecular weight is 517 g/mol. The highest BCUT2D eigenvalue weighted by Gasteiger charge is 2.21. The maximum Gasteiger partial charge on any atom is 0.344 e. The summed E-state index contributed by atoms with van der Waals surface area (Å²) in [5.74, 6) is -1.02. The van der Waals surface area contributed by atoms with Gasteiger partial charge < -0.3 is 9.84 Å². The number of carboxylic acid groups (broad SMARTS) is 1. The normalized spacial score (nSPS) is 13.2. The molecule has 33 heavy (non-hydrogen) atoms. The van der Waals surface area contributed by atoms with Gasteiger partial charge in [0.25, 0.3) is 5.56 Å². The van der Waals surface area contributed by atoms with Crippen LogP contribution in [0, 0.1) is 10.1 Å². The van der Waals surface area contributed by atoms with Gasteiger partial charge in [0.05, 0.1) is 22.0 Å². The molecule has 11 heteroatoms. The van der Waals surface area contributed by atoms with Crippen LogP contribution in [0.5, 0.6) is 5.75 Å². The van der Waals surface area contributed by atoms with Gasteiger partial charge in [-0.15, -0.1) is 0 Å². The zero-order valence-corrected chi connectivity index (χ0v) is 19.6. The number of hydrogen-bond acceptors (Lipinski definition) is 7. The molecule has 10 nitrogen and oxygen atoms in total. The van der Waals surface area contributed by atoms with Crippen molar-refractivity contribution in [3.05, 3.63) is 72.7 Å². The fourth-order valence-electron chi connectivity index (χ4n) is 3.00. The molecular formula is C22H21BrN4O6. The molecule has 1 heterocycles. The number of ether oxygens (including phenoxy) is 1. The number of rotatable bonds is 8. The number of aliphatic carboxylic acids is 1. The van der Waals surface area contributed by atoms with E-state index >= 15 is 0 Å². The summed E-state index contributed by atoms with van der Waals surface area (Å²) < 4.78 is 7.10. The van der Waals surface area contributed by atoms with E-state index in [9.17, 15) is 19.7 Å². The third-order valence-electron chi connectivity index (χ3n) is 5.04. The van der Waals surface area contributed by atoms with E-state index in [4.69, 9.17) is 9.84 Å². The Morgan fingerprint density at radius 3 is 2.70 bits per heavy atom. The fourth-order valence-corrected chi connectivity index (χ4v) is 3.36. The van der Waals surface area contributed by atoms with Crippen molar-refractivity contribution >= 4 is 44.7 Å². The highest BCUT2D eigenvalue weighted by molar-refractivity contribution is 9.10. The summed E-state index contributed by atoms with van der Waals surface area (Å²) in [6.45, 7) is 5.17. The third kappa shape index (κ3) is 5.25. The number of nitrogens with zero attached hydrogens (tertiary/aromatic N) is 4. The molecule has 0 amide bonds. The minimum absolute atomic E-state index is 0.0643. The second kappa shape index (κ2) is 9.90. The lowest BCUT2D eigenvalue weighted by molar-refractivity contribution is -0.386. The Bertz CT molecular complexity index is 1320. The first-order valence-electron chi connectivity index (χ1n) is 10.1. The van der Waals surface area contributed by atoms with Crippen LogP contribution in [0.4, 0.5) is 5.69 Å². The molecule has 0 fully saturated rings. The van der Waals surface area contributed by atoms with Gasteiger partial charge in [-0.1, -0.05) is 29.8 Å². The number of hydrogen-bond donors (Lipinski definition) is 1. The Labute approximate surface area is 196 Å². The molecule has 0 saturated carbocycles. The number of carbonyl (C=O) groups is 1. The van der Waals surface area contributed by atoms with Gasteiger partial charge in [-0.3, -0.25) is 14.9 Å². The molecule has 3 rings (SSSR count). The molecule has 1 N–H and O–H groups in total. The smallest absolute Gasteiger partial charge is 0.344 e. The van der Waals surface area contributed by atoms with Crippen LogP contribution in [0.25, 0.3) is 10.9 Å². The number of carboxylic acids is 1. The first kappa shape index (κ1) is 24.1. The summed E-state index contributed by atoms with van der Waals surface area (Å²) in [4.78, 5) is 39.6. The molecule has 0 saturated heterocycles. The maximum absolute atomic E-state index is 13.2. The van der Waals surface area contributed by atoms with E-state index in [1.165, 1.54) is 36.0 Å². The number of nitro groups is 1. The van der Waals surface area contributed by atoms with Crippen LogP contribution < -0.4 is 10.3 Å². The lowest BCUT2D eigenvalue weighted by Gasteiger charge is -2.14. The highest BCUT2D eigenvalue weighted by Crippen LogP contribution is 2.28. The molecule has 0 aliphatic heterocycles. The van der Waals surface area contributed by atoms with E-state index in [0.29, 0.717) is 22.3 Å². The Morgan fingerprint density at radius 1 is 1.33 bits per heavy atom. The molecule has 0 spiro atoms. The lowest BCUT2D eigenvalue weighted by Crippen LogP contribution is -2.24. The SMILES string of the molecule is CC[C@@H](C)c1nc2ccc(Br)cc2c(=O)n1N=Cc1ccc(O[C@H](C)C(=O)O)c([N+](=O)[O-])c1. The van der Waals surface area contributed by atoms with Crippen LogP contribution >= 0.6 is 15.9 Å². The van der Waals surface area contributed by atoms with Crippen molar-refractivity contribution in [2.75, 3.05) is 0 Å². The Kier molecular flexibility index (Phi) is 7.22. The van der Waals surface area contributed by atoms with Gasteiger partial charge in [0, 0.05) is 22.0 Å². The van der Waals surface area contributed by atoms with Gasteiger partial charge in [0.2, 0.25) is 0 Å². The van der Waals surface area contributed by atoms with Crippen molar-refractivity contribution in [2.24, 2.45) is 5.10 Å². The van der Waals surface area contributed by atoms with Crippen molar-refractivity contribution in [3.8, 4) is 5.75 Å². The summed E-state index contributed by atoms with van der Waals surface area (Å²) in [7, 11) is 0. The number of fused-ring (bicyclic) bond motifs is 1. The number of nitro benzene ring substituents is 1. The van der Waals surface area contributed by atoms with Gasteiger partial charge in [-0.2, -0.15) is 9.78 Å². The molecule has 1 aromatic heterocycles. The summed E-state index contributed by atoms with van der Waals surface area (Å²) >= 11 is 3.36. The third-order valence-corrected chi connectivity index (χ3v) is 5.53. The molecule has 2 atom stereocenters. The molecule has 0 aliphatic carbocycles. The zero-order chi connectivity index (χ0) is 24.3. The summed E-state index contributed by atoms with van der Waals surface area (Å²) in [6, 6.07) is 9.20. The lowest BCUT2D eigenvalue weighted by atomic mass is 10.1. The molecule has 0 aliphatic rings. The fraction of sp³-hybridized carbons (Fsp3) is 0.273. The molecule has 3 aromatic rings. The van der Waals surface area contributed by atoms with Crippen molar-refractivity contribution in [1.82, 2.24) is 9.66 Å². The first-order chi connectivity index (χ1) is 15.6. The molecule has 0 bridgehead atoms. The number of aromatic nitrogens is 2. The maximum atomic E-state index is 13.2. The van der Waals surface area contributed by atoms with E-state index in [1.54, 1.807) is 18.2 Å². The number of halogens is 1. The van der Waals surface area contributed by atoms with E-state index in [1.807, 2.05) is 13.8 Å². The molecule has 0 unspecified atom stereocenters. The summed E-state index contributed by atoms with van der Waals surface area (Å²) in [5.41, 5.74) is 0.0997. The predicted octanol–water partition coefficient (Wildman–Crippen LogP) is 4.31. The van der Waals surface area contributed by atoms with Crippen LogP contribution in [0.1, 0.15) is 44.5 Å². The second-order valence-electron chi connectivity index (χ2n) is 7.38. The van der Waals surface area contributed by atoms with Gasteiger partial charge in [-0.05, 0) is 43.7 Å². The van der Waals surface area contributed by atoms with Crippen molar-refractivity contribution in [2.45, 2.75) is 39.2 Å². The second-order valence-corrected chi connectivity index (χ2v) is 8.30. The van der Waals surface area contributed by atoms with Crippen LogP contribution in [-0.4, -0.2) is 38.0 Å². The van der Waals surface area contributed by atoms with Crippen LogP contribution in [0.3, 0.4) is 0 Å². The van der Waals surface area contributed by atoms with E-state index in [2.05, 4.69) is 26.0 Å². The van der Waals surface area contributed by atoms with Gasteiger partial charge in [0.1, 0.15) is 5.82 Å². The molecule has 0 radical (unpaired) electrons. The monoisotopic (exact) mass is 516 g/mol. The van der Waals surface area contributed by atoms with Crippen molar-refractivity contribution < 1.29 is 19.6 Å². The highest BCUT2D eigenvalue weighted by atomic mass is 79.9. The van der Waals surface area contributed by atoms with E-state index < -0.39 is 22.7 Å². The Balaban J connectivity index is 2.08. The van der Waals surface area contributed by atoms with Gasteiger partial charge in [0.15, 0.2) is 11.9 Å². The Morgan fingerprint density at radius 2 is 2.06 bits per heavy atom. The van der Waals surface area contributed by atoms with Crippen LogP contribution in [-0.2, 0) is 4.79 Å². The minimum atomic E-state index is -1.26. The minimum Gasteiger partial charge on any atom is -0.479 e. The topological polar surface area (TPSA) is 137 Å². The predicted molar refractivity (Wildman–Crippen MR) is 126 cm³/mol. The summed E-state index contributed by atoms with van der Waals surface area (Å²) in [6.07, 6.45) is 0.780. The average Bonchev–Trinajstić information content (AvgIpc) is 2.78. The quantitative estimate of drug-likeness (QED) is 0.267. The summed E-state index contributed by atoms with van der Waals surface area (Å²) in [5, 5.41) is 25.1. The van der Waals surface area contributed by atoms with E-state index in [0.717, 1.165) is 10.9 Å². The first-order valence-corrected chi connectivity index (χ1v) is 10.9.